The monoisotopic (exact) mass is 316 g/mol. The van der Waals surface area contributed by atoms with Crippen LogP contribution >= 0.6 is 15.9 Å². The number of rotatable bonds is 4. The van der Waals surface area contributed by atoms with Crippen molar-refractivity contribution < 1.29 is 9.84 Å². The van der Waals surface area contributed by atoms with Crippen molar-refractivity contribution in [2.24, 2.45) is 0 Å². The van der Waals surface area contributed by atoms with Gasteiger partial charge < -0.3 is 9.84 Å². The van der Waals surface area contributed by atoms with Crippen LogP contribution in [0.3, 0.4) is 0 Å². The van der Waals surface area contributed by atoms with Gasteiger partial charge in [-0.05, 0) is 35.7 Å². The first-order valence-electron chi connectivity index (χ1n) is 6.59. The van der Waals surface area contributed by atoms with Crippen LogP contribution < -0.4 is 0 Å². The van der Waals surface area contributed by atoms with Crippen molar-refractivity contribution in [2.45, 2.75) is 57.3 Å². The van der Waals surface area contributed by atoms with Gasteiger partial charge in [0.2, 0.25) is 0 Å². The molecule has 0 spiro atoms. The van der Waals surface area contributed by atoms with Crippen molar-refractivity contribution in [3.05, 3.63) is 16.4 Å². The molecule has 1 aliphatic rings. The van der Waals surface area contributed by atoms with E-state index in [0.29, 0.717) is 0 Å². The number of aliphatic hydroxyl groups excluding tert-OH is 1. The minimum atomic E-state index is -0.625. The van der Waals surface area contributed by atoms with E-state index in [2.05, 4.69) is 21.0 Å². The lowest BCUT2D eigenvalue weighted by molar-refractivity contribution is -0.128. The van der Waals surface area contributed by atoms with Crippen LogP contribution in [0.4, 0.5) is 0 Å². The Balaban J connectivity index is 2.33. The Bertz CT molecular complexity index is 400. The van der Waals surface area contributed by atoms with E-state index < -0.39 is 11.7 Å². The third-order valence-corrected chi connectivity index (χ3v) is 4.61. The third kappa shape index (κ3) is 2.36. The van der Waals surface area contributed by atoms with Crippen LogP contribution in [0.2, 0.25) is 0 Å². The van der Waals surface area contributed by atoms with Crippen molar-refractivity contribution in [3.8, 4) is 0 Å². The third-order valence-electron chi connectivity index (χ3n) is 4.00. The number of hydrogen-bond donors (Lipinski definition) is 1. The van der Waals surface area contributed by atoms with E-state index in [4.69, 9.17) is 4.74 Å². The van der Waals surface area contributed by atoms with Crippen molar-refractivity contribution >= 4 is 15.9 Å². The molecule has 1 saturated carbocycles. The predicted octanol–water partition coefficient (Wildman–Crippen LogP) is 3.05. The van der Waals surface area contributed by atoms with Crippen LogP contribution in [-0.4, -0.2) is 27.6 Å². The number of hydrogen-bond acceptors (Lipinski definition) is 3. The summed E-state index contributed by atoms with van der Waals surface area (Å²) in [6.45, 7) is 2.77. The maximum atomic E-state index is 10.8. The van der Waals surface area contributed by atoms with E-state index >= 15 is 0 Å². The minimum Gasteiger partial charge on any atom is -0.384 e. The molecule has 18 heavy (non-hydrogen) atoms. The highest BCUT2D eigenvalue weighted by atomic mass is 79.9. The molecule has 2 rings (SSSR count). The van der Waals surface area contributed by atoms with Crippen LogP contribution in [0.15, 0.2) is 10.7 Å². The van der Waals surface area contributed by atoms with Crippen LogP contribution in [0.1, 0.15) is 50.8 Å². The van der Waals surface area contributed by atoms with Gasteiger partial charge in [0, 0.05) is 13.7 Å². The van der Waals surface area contributed by atoms with Gasteiger partial charge in [0.1, 0.15) is 6.10 Å². The number of halogens is 1. The summed E-state index contributed by atoms with van der Waals surface area (Å²) in [5, 5.41) is 15.0. The van der Waals surface area contributed by atoms with Crippen molar-refractivity contribution in [3.63, 3.8) is 0 Å². The van der Waals surface area contributed by atoms with Gasteiger partial charge in [-0.15, -0.1) is 0 Å². The van der Waals surface area contributed by atoms with Crippen molar-refractivity contribution in [1.29, 1.82) is 0 Å². The molecule has 1 N–H and O–H groups in total. The van der Waals surface area contributed by atoms with Gasteiger partial charge in [0.25, 0.3) is 0 Å². The van der Waals surface area contributed by atoms with Crippen molar-refractivity contribution in [1.82, 2.24) is 9.78 Å². The molecule has 1 atom stereocenters. The maximum absolute atomic E-state index is 10.8. The molecule has 1 fully saturated rings. The number of nitrogens with zero attached hydrogens (tertiary/aromatic N) is 2. The Labute approximate surface area is 116 Å². The summed E-state index contributed by atoms with van der Waals surface area (Å²) in [5.74, 6) is 0. The normalized spacial score (nSPS) is 20.9. The summed E-state index contributed by atoms with van der Waals surface area (Å²) in [6.07, 6.45) is 6.39. The van der Waals surface area contributed by atoms with Gasteiger partial charge in [-0.3, -0.25) is 4.68 Å². The van der Waals surface area contributed by atoms with Gasteiger partial charge in [0.05, 0.1) is 22.0 Å². The summed E-state index contributed by atoms with van der Waals surface area (Å²) in [4.78, 5) is 0. The first-order valence-corrected chi connectivity index (χ1v) is 7.38. The Morgan fingerprint density at radius 3 is 2.72 bits per heavy atom. The molecule has 1 aromatic rings. The Kier molecular flexibility index (Phi) is 4.45. The molecule has 0 radical (unpaired) electrons. The molecule has 0 amide bonds. The summed E-state index contributed by atoms with van der Waals surface area (Å²) >= 11 is 3.48. The fourth-order valence-corrected chi connectivity index (χ4v) is 3.40. The summed E-state index contributed by atoms with van der Waals surface area (Å²) in [6, 6.07) is 0. The topological polar surface area (TPSA) is 47.3 Å². The van der Waals surface area contributed by atoms with Crippen LogP contribution in [0.25, 0.3) is 0 Å². The Morgan fingerprint density at radius 2 is 2.17 bits per heavy atom. The lowest BCUT2D eigenvalue weighted by Crippen LogP contribution is -2.41. The number of aromatic nitrogens is 2. The van der Waals surface area contributed by atoms with Gasteiger partial charge in [-0.1, -0.05) is 19.3 Å². The largest absolute Gasteiger partial charge is 0.384 e. The predicted molar refractivity (Wildman–Crippen MR) is 73.4 cm³/mol. The van der Waals surface area contributed by atoms with Gasteiger partial charge in [-0.25, -0.2) is 0 Å². The molecule has 0 bridgehead atoms. The molecule has 5 heteroatoms. The highest BCUT2D eigenvalue weighted by Crippen LogP contribution is 2.42. The second-order valence-corrected chi connectivity index (χ2v) is 5.78. The average molecular weight is 317 g/mol. The minimum absolute atomic E-state index is 0.451. The Hall–Kier alpha value is -0.390. The summed E-state index contributed by atoms with van der Waals surface area (Å²) < 4.78 is 8.40. The first kappa shape index (κ1) is 14.0. The van der Waals surface area contributed by atoms with E-state index in [9.17, 15) is 5.11 Å². The van der Waals surface area contributed by atoms with E-state index in [1.54, 1.807) is 13.3 Å². The molecule has 0 aromatic carbocycles. The zero-order valence-corrected chi connectivity index (χ0v) is 12.6. The molecule has 102 valence electrons. The fourth-order valence-electron chi connectivity index (χ4n) is 2.88. The lowest BCUT2D eigenvalue weighted by Gasteiger charge is -2.40. The SMILES string of the molecule is CCn1ncc(Br)c1C(O)C1(OC)CCCCC1. The molecular weight excluding hydrogens is 296 g/mol. The lowest BCUT2D eigenvalue weighted by atomic mass is 9.79. The average Bonchev–Trinajstić information content (AvgIpc) is 2.79. The molecule has 1 aliphatic carbocycles. The highest BCUT2D eigenvalue weighted by Gasteiger charge is 2.42. The van der Waals surface area contributed by atoms with Crippen molar-refractivity contribution in [2.75, 3.05) is 7.11 Å². The van der Waals surface area contributed by atoms with Crippen LogP contribution in [0, 0.1) is 0 Å². The van der Waals surface area contributed by atoms with Crippen LogP contribution in [0.5, 0.6) is 0 Å². The van der Waals surface area contributed by atoms with Gasteiger partial charge in [0.15, 0.2) is 0 Å². The summed E-state index contributed by atoms with van der Waals surface area (Å²) in [5.41, 5.74) is 0.384. The van der Waals surface area contributed by atoms with E-state index in [1.807, 2.05) is 11.6 Å². The van der Waals surface area contributed by atoms with E-state index in [1.165, 1.54) is 6.42 Å². The molecule has 1 heterocycles. The maximum Gasteiger partial charge on any atom is 0.126 e. The molecular formula is C13H21BrN2O2. The van der Waals surface area contributed by atoms with Crippen LogP contribution in [-0.2, 0) is 11.3 Å². The molecule has 0 aliphatic heterocycles. The molecule has 1 unspecified atom stereocenters. The molecule has 0 saturated heterocycles. The highest BCUT2D eigenvalue weighted by molar-refractivity contribution is 9.10. The molecule has 4 nitrogen and oxygen atoms in total. The second kappa shape index (κ2) is 5.72. The molecule has 1 aromatic heterocycles. The second-order valence-electron chi connectivity index (χ2n) is 4.93. The van der Waals surface area contributed by atoms with Gasteiger partial charge in [-0.2, -0.15) is 5.10 Å². The zero-order chi connectivity index (χ0) is 13.2. The number of ether oxygens (including phenoxy) is 1. The summed E-state index contributed by atoms with van der Waals surface area (Å²) in [7, 11) is 1.70. The van der Waals surface area contributed by atoms with Gasteiger partial charge >= 0.3 is 0 Å². The first-order chi connectivity index (χ1) is 8.64. The number of aliphatic hydroxyl groups is 1. The number of methoxy groups -OCH3 is 1. The quantitative estimate of drug-likeness (QED) is 0.928. The zero-order valence-electron chi connectivity index (χ0n) is 11.0. The fraction of sp³-hybridized carbons (Fsp3) is 0.769. The smallest absolute Gasteiger partial charge is 0.126 e. The van der Waals surface area contributed by atoms with E-state index in [0.717, 1.165) is 42.4 Å². The van der Waals surface area contributed by atoms with E-state index in [-0.39, 0.29) is 0 Å². The number of aryl methyl sites for hydroxylation is 1. The standard InChI is InChI=1S/C13H21BrN2O2/c1-3-16-11(10(14)9-15-16)12(17)13(18-2)7-5-4-6-8-13/h9,12,17H,3-8H2,1-2H3. The Morgan fingerprint density at radius 1 is 1.50 bits per heavy atom.